The number of aromatic carboxylic acids is 1. The summed E-state index contributed by atoms with van der Waals surface area (Å²) in [6.07, 6.45) is 0. The Balaban J connectivity index is 2.33. The largest absolute Gasteiger partial charge is 0.477 e. The Morgan fingerprint density at radius 3 is 2.26 bits per heavy atom. The third kappa shape index (κ3) is 2.47. The summed E-state index contributed by atoms with van der Waals surface area (Å²) in [4.78, 5) is 27.8. The van der Waals surface area contributed by atoms with Crippen LogP contribution in [0.5, 0.6) is 0 Å². The Kier molecular flexibility index (Phi) is 3.60. The van der Waals surface area contributed by atoms with Gasteiger partial charge in [0.25, 0.3) is 0 Å². The number of pyridine rings is 1. The highest BCUT2D eigenvalue weighted by Crippen LogP contribution is 2.36. The second-order valence-corrected chi connectivity index (χ2v) is 6.94. The van der Waals surface area contributed by atoms with Crippen LogP contribution < -0.4 is 5.43 Å². The lowest BCUT2D eigenvalue weighted by molar-refractivity contribution is 0.0694. The number of hydrogen-bond donors (Lipinski definition) is 2. The molecule has 3 rings (SSSR count). The van der Waals surface area contributed by atoms with E-state index in [0.29, 0.717) is 15.9 Å². The number of rotatable bonds is 2. The van der Waals surface area contributed by atoms with E-state index in [1.807, 2.05) is 6.07 Å². The van der Waals surface area contributed by atoms with Crippen molar-refractivity contribution in [3.8, 4) is 10.4 Å². The molecule has 2 heterocycles. The molecule has 2 N–H and O–H groups in total. The first-order chi connectivity index (χ1) is 10.8. The molecule has 0 bridgehead atoms. The van der Waals surface area contributed by atoms with Crippen molar-refractivity contribution in [2.24, 2.45) is 0 Å². The van der Waals surface area contributed by atoms with E-state index < -0.39 is 11.4 Å². The van der Waals surface area contributed by atoms with Crippen LogP contribution in [-0.4, -0.2) is 16.1 Å². The van der Waals surface area contributed by atoms with Crippen molar-refractivity contribution in [1.82, 2.24) is 4.98 Å². The average Bonchev–Trinajstić information content (AvgIpc) is 2.80. The minimum Gasteiger partial charge on any atom is -0.477 e. The summed E-state index contributed by atoms with van der Waals surface area (Å²) < 4.78 is 0.461. The van der Waals surface area contributed by atoms with E-state index in [4.69, 9.17) is 0 Å². The topological polar surface area (TPSA) is 70.2 Å². The molecule has 0 atom stereocenters. The number of H-pyrrole nitrogens is 1. The summed E-state index contributed by atoms with van der Waals surface area (Å²) >= 11 is 1.34. The number of benzene rings is 1. The summed E-state index contributed by atoms with van der Waals surface area (Å²) in [7, 11) is 0. The van der Waals surface area contributed by atoms with Gasteiger partial charge in [-0.25, -0.2) is 4.79 Å². The van der Waals surface area contributed by atoms with Gasteiger partial charge in [-0.1, -0.05) is 17.7 Å². The van der Waals surface area contributed by atoms with E-state index in [1.165, 1.54) is 16.9 Å². The first-order valence-corrected chi connectivity index (χ1v) is 8.09. The van der Waals surface area contributed by atoms with Crippen molar-refractivity contribution in [1.29, 1.82) is 0 Å². The van der Waals surface area contributed by atoms with Gasteiger partial charge in [-0.15, -0.1) is 11.3 Å². The fraction of sp³-hybridized carbons (Fsp3) is 0.222. The van der Waals surface area contributed by atoms with Crippen LogP contribution in [0.1, 0.15) is 32.7 Å². The van der Waals surface area contributed by atoms with E-state index >= 15 is 0 Å². The summed E-state index contributed by atoms with van der Waals surface area (Å²) in [6, 6.07) is 6.16. The van der Waals surface area contributed by atoms with Crippen LogP contribution in [-0.2, 0) is 0 Å². The highest BCUT2D eigenvalue weighted by atomic mass is 32.1. The van der Waals surface area contributed by atoms with E-state index in [1.54, 1.807) is 6.92 Å². The van der Waals surface area contributed by atoms with E-state index in [0.717, 1.165) is 21.6 Å². The lowest BCUT2D eigenvalue weighted by atomic mass is 9.98. The van der Waals surface area contributed by atoms with Gasteiger partial charge in [0, 0.05) is 10.6 Å². The van der Waals surface area contributed by atoms with Gasteiger partial charge >= 0.3 is 5.97 Å². The van der Waals surface area contributed by atoms with Crippen molar-refractivity contribution in [3.05, 3.63) is 56.4 Å². The van der Waals surface area contributed by atoms with E-state index in [2.05, 4.69) is 37.9 Å². The van der Waals surface area contributed by atoms with Crippen LogP contribution in [0.3, 0.4) is 0 Å². The maximum absolute atomic E-state index is 12.5. The number of carboxylic acids is 1. The fourth-order valence-corrected chi connectivity index (χ4v) is 4.39. The number of fused-ring (bicyclic) bond motifs is 1. The Morgan fingerprint density at radius 2 is 1.70 bits per heavy atom. The Hall–Kier alpha value is -2.40. The third-order valence-electron chi connectivity index (χ3n) is 4.00. The summed E-state index contributed by atoms with van der Waals surface area (Å²) in [5.74, 6) is -1.19. The Bertz CT molecular complexity index is 988. The Labute approximate surface area is 137 Å². The molecule has 0 aliphatic carbocycles. The molecule has 5 heteroatoms. The lowest BCUT2D eigenvalue weighted by Crippen LogP contribution is -2.17. The molecule has 1 aromatic carbocycles. The molecule has 0 saturated carbocycles. The smallest absolute Gasteiger partial charge is 0.341 e. The summed E-state index contributed by atoms with van der Waals surface area (Å²) in [5.41, 5.74) is 5.09. The predicted molar refractivity (Wildman–Crippen MR) is 93.8 cm³/mol. The molecule has 23 heavy (non-hydrogen) atoms. The molecule has 0 fully saturated rings. The van der Waals surface area contributed by atoms with Crippen LogP contribution >= 0.6 is 11.3 Å². The first-order valence-electron chi connectivity index (χ1n) is 7.27. The molecular weight excluding hydrogens is 310 g/mol. The number of aromatic amines is 1. The number of nitrogens with one attached hydrogen (secondary N) is 1. The molecule has 0 aliphatic heterocycles. The summed E-state index contributed by atoms with van der Waals surface area (Å²) in [6.45, 7) is 7.77. The van der Waals surface area contributed by atoms with Crippen LogP contribution in [0.4, 0.5) is 0 Å². The van der Waals surface area contributed by atoms with Crippen molar-refractivity contribution in [3.63, 3.8) is 0 Å². The Morgan fingerprint density at radius 1 is 1.09 bits per heavy atom. The average molecular weight is 327 g/mol. The first kappa shape index (κ1) is 15.5. The van der Waals surface area contributed by atoms with Crippen molar-refractivity contribution in [2.45, 2.75) is 27.7 Å². The number of carboxylic acid groups (broad SMARTS) is 1. The fourth-order valence-electron chi connectivity index (χ4n) is 3.15. The minimum absolute atomic E-state index is 0.178. The normalized spacial score (nSPS) is 11.1. The molecule has 118 valence electrons. The lowest BCUT2D eigenvalue weighted by Gasteiger charge is -2.09. The minimum atomic E-state index is -1.19. The van der Waals surface area contributed by atoms with Gasteiger partial charge in [-0.3, -0.25) is 4.79 Å². The molecule has 0 radical (unpaired) electrons. The summed E-state index contributed by atoms with van der Waals surface area (Å²) in [5, 5.41) is 9.23. The molecule has 2 aromatic heterocycles. The van der Waals surface area contributed by atoms with E-state index in [-0.39, 0.29) is 5.56 Å². The maximum atomic E-state index is 12.5. The zero-order valence-corrected chi connectivity index (χ0v) is 14.2. The number of aryl methyl sites for hydroxylation is 4. The van der Waals surface area contributed by atoms with Gasteiger partial charge in [0.05, 0.1) is 10.2 Å². The number of hydrogen-bond acceptors (Lipinski definition) is 3. The van der Waals surface area contributed by atoms with Crippen LogP contribution in [0.25, 0.3) is 20.7 Å². The monoisotopic (exact) mass is 327 g/mol. The van der Waals surface area contributed by atoms with Gasteiger partial charge < -0.3 is 10.1 Å². The molecule has 0 saturated heterocycles. The number of carbonyl (C=O) groups is 1. The highest BCUT2D eigenvalue weighted by molar-refractivity contribution is 7.22. The maximum Gasteiger partial charge on any atom is 0.341 e. The molecule has 0 aliphatic rings. The second kappa shape index (κ2) is 5.35. The van der Waals surface area contributed by atoms with Gasteiger partial charge in [-0.05, 0) is 50.5 Å². The van der Waals surface area contributed by atoms with Crippen LogP contribution in [0.15, 0.2) is 23.0 Å². The SMILES string of the molecule is Cc1cc(C)c(-c2cc3[nH]c(C)c(C(=O)O)c(=O)c3s2)c(C)c1. The molecule has 0 unspecified atom stereocenters. The molecule has 4 nitrogen and oxygen atoms in total. The standard InChI is InChI=1S/C18H17NO3S/c1-8-5-9(2)14(10(3)6-8)13-7-12-17(23-13)16(20)15(18(21)22)11(4)19-12/h5-7H,1-4H3,(H,19,20)(H,21,22). The van der Waals surface area contributed by atoms with Crippen molar-refractivity contribution >= 4 is 27.5 Å². The molecule has 3 aromatic rings. The van der Waals surface area contributed by atoms with Gasteiger partial charge in [-0.2, -0.15) is 0 Å². The van der Waals surface area contributed by atoms with Gasteiger partial charge in [0.15, 0.2) is 0 Å². The van der Waals surface area contributed by atoms with Gasteiger partial charge in [0.2, 0.25) is 5.43 Å². The molecular formula is C18H17NO3S. The van der Waals surface area contributed by atoms with Crippen molar-refractivity contribution in [2.75, 3.05) is 0 Å². The van der Waals surface area contributed by atoms with E-state index in [9.17, 15) is 14.7 Å². The van der Waals surface area contributed by atoms with Crippen LogP contribution in [0.2, 0.25) is 0 Å². The highest BCUT2D eigenvalue weighted by Gasteiger charge is 2.19. The van der Waals surface area contributed by atoms with Crippen molar-refractivity contribution < 1.29 is 9.90 Å². The zero-order chi connectivity index (χ0) is 16.9. The van der Waals surface area contributed by atoms with Crippen LogP contribution in [0, 0.1) is 27.7 Å². The second-order valence-electron chi connectivity index (χ2n) is 5.89. The zero-order valence-electron chi connectivity index (χ0n) is 13.4. The quantitative estimate of drug-likeness (QED) is 0.741. The predicted octanol–water partition coefficient (Wildman–Crippen LogP) is 4.19. The van der Waals surface area contributed by atoms with Gasteiger partial charge in [0.1, 0.15) is 5.56 Å². The molecule has 0 amide bonds. The third-order valence-corrected chi connectivity index (χ3v) is 5.15. The number of thiophene rings is 1. The molecule has 0 spiro atoms. The number of aromatic nitrogens is 1.